The molecule has 0 radical (unpaired) electrons. The molecular formula is C23H21BrF3NO2. The number of aryl methyl sites for hydroxylation is 1. The van der Waals surface area contributed by atoms with Gasteiger partial charge in [-0.15, -0.1) is 0 Å². The van der Waals surface area contributed by atoms with E-state index in [0.29, 0.717) is 18.6 Å². The molecule has 0 spiro atoms. The van der Waals surface area contributed by atoms with Crippen molar-refractivity contribution in [2.24, 2.45) is 11.7 Å². The van der Waals surface area contributed by atoms with Crippen molar-refractivity contribution in [3.8, 4) is 0 Å². The zero-order valence-electron chi connectivity index (χ0n) is 16.1. The van der Waals surface area contributed by atoms with Gasteiger partial charge in [0.05, 0.1) is 11.1 Å². The molecule has 1 fully saturated rings. The number of carbonyl (C=O) groups excluding carboxylic acids is 1. The molecule has 0 bridgehead atoms. The van der Waals surface area contributed by atoms with E-state index >= 15 is 0 Å². The molecule has 2 aromatic rings. The van der Waals surface area contributed by atoms with Crippen LogP contribution in [-0.2, 0) is 22.1 Å². The van der Waals surface area contributed by atoms with Gasteiger partial charge in [-0.25, -0.2) is 0 Å². The number of Topliss-reactive ketones (excluding diaryl/α,β-unsaturated/α-hetero) is 1. The van der Waals surface area contributed by atoms with Crippen LogP contribution in [0.15, 0.2) is 58.8 Å². The van der Waals surface area contributed by atoms with Gasteiger partial charge in [0.25, 0.3) is 0 Å². The Kier molecular flexibility index (Phi) is 5.53. The van der Waals surface area contributed by atoms with Crippen LogP contribution in [-0.4, -0.2) is 11.5 Å². The Balaban J connectivity index is 1.57. The van der Waals surface area contributed by atoms with Crippen molar-refractivity contribution in [1.29, 1.82) is 0 Å². The second kappa shape index (κ2) is 7.85. The highest BCUT2D eigenvalue weighted by Crippen LogP contribution is 2.48. The number of alkyl halides is 3. The Morgan fingerprint density at radius 2 is 1.87 bits per heavy atom. The normalized spacial score (nSPS) is 21.8. The number of nitrogens with two attached hydrogens (primary N) is 1. The van der Waals surface area contributed by atoms with Crippen molar-refractivity contribution in [2.75, 3.05) is 0 Å². The third kappa shape index (κ3) is 4.18. The maximum atomic E-state index is 13.2. The number of carbonyl (C=O) groups is 1. The molecule has 1 unspecified atom stereocenters. The summed E-state index contributed by atoms with van der Waals surface area (Å²) < 4.78 is 46.5. The molecule has 1 aliphatic heterocycles. The molecule has 3 nitrogen and oxygen atoms in total. The first-order chi connectivity index (χ1) is 14.2. The molecule has 1 atom stereocenters. The smallest absolute Gasteiger partial charge is 0.416 e. The predicted octanol–water partition coefficient (Wildman–Crippen LogP) is 5.87. The number of hydrogen-bond acceptors (Lipinski definition) is 3. The number of allylic oxidation sites excluding steroid dienone is 1. The fraction of sp³-hybridized carbons (Fsp3) is 0.348. The van der Waals surface area contributed by atoms with Gasteiger partial charge >= 0.3 is 6.18 Å². The zero-order valence-corrected chi connectivity index (χ0v) is 17.7. The fourth-order valence-corrected chi connectivity index (χ4v) is 4.26. The van der Waals surface area contributed by atoms with Gasteiger partial charge in [-0.3, -0.25) is 10.5 Å². The molecule has 7 heteroatoms. The lowest BCUT2D eigenvalue weighted by atomic mass is 9.91. The van der Waals surface area contributed by atoms with Gasteiger partial charge in [0.15, 0.2) is 0 Å². The lowest BCUT2D eigenvalue weighted by molar-refractivity contribution is -0.137. The van der Waals surface area contributed by atoms with E-state index in [1.165, 1.54) is 12.1 Å². The van der Waals surface area contributed by atoms with Crippen LogP contribution in [0.4, 0.5) is 13.2 Å². The summed E-state index contributed by atoms with van der Waals surface area (Å²) in [6, 6.07) is 12.6. The van der Waals surface area contributed by atoms with Crippen LogP contribution in [0.5, 0.6) is 0 Å². The van der Waals surface area contributed by atoms with Crippen molar-refractivity contribution < 1.29 is 22.7 Å². The average Bonchev–Trinajstić information content (AvgIpc) is 3.50. The van der Waals surface area contributed by atoms with Crippen LogP contribution < -0.4 is 5.73 Å². The largest absolute Gasteiger partial charge is 0.469 e. The SMILES string of the molecule is NC1(CCCc2ccccc2Br)OC(C2CC2)=C(c2cccc(C(F)(F)F)c2)C1=O. The Labute approximate surface area is 181 Å². The van der Waals surface area contributed by atoms with Crippen molar-refractivity contribution in [3.05, 3.63) is 75.5 Å². The van der Waals surface area contributed by atoms with Crippen LogP contribution in [0, 0.1) is 5.92 Å². The Bertz CT molecular complexity index is 1010. The summed E-state index contributed by atoms with van der Waals surface area (Å²) in [6.07, 6.45) is -1.20. The van der Waals surface area contributed by atoms with Gasteiger partial charge in [-0.1, -0.05) is 46.3 Å². The number of halogens is 4. The summed E-state index contributed by atoms with van der Waals surface area (Å²) in [5, 5.41) is 0. The summed E-state index contributed by atoms with van der Waals surface area (Å²) in [7, 11) is 0. The van der Waals surface area contributed by atoms with Crippen molar-refractivity contribution in [1.82, 2.24) is 0 Å². The second-order valence-electron chi connectivity index (χ2n) is 7.86. The monoisotopic (exact) mass is 479 g/mol. The van der Waals surface area contributed by atoms with Gasteiger partial charge in [0.2, 0.25) is 11.5 Å². The third-order valence-electron chi connectivity index (χ3n) is 5.53. The van der Waals surface area contributed by atoms with Crippen LogP contribution in [0.3, 0.4) is 0 Å². The lowest BCUT2D eigenvalue weighted by Gasteiger charge is -2.23. The van der Waals surface area contributed by atoms with Crippen molar-refractivity contribution in [2.45, 2.75) is 44.0 Å². The molecule has 2 N–H and O–H groups in total. The molecule has 4 rings (SSSR count). The molecule has 1 heterocycles. The highest BCUT2D eigenvalue weighted by Gasteiger charge is 2.50. The minimum Gasteiger partial charge on any atom is -0.469 e. The van der Waals surface area contributed by atoms with E-state index in [4.69, 9.17) is 10.5 Å². The van der Waals surface area contributed by atoms with Gasteiger partial charge in [0.1, 0.15) is 5.76 Å². The first-order valence-corrected chi connectivity index (χ1v) is 10.7. The van der Waals surface area contributed by atoms with Gasteiger partial charge in [-0.2, -0.15) is 13.2 Å². The highest BCUT2D eigenvalue weighted by atomic mass is 79.9. The summed E-state index contributed by atoms with van der Waals surface area (Å²) in [4.78, 5) is 13.2. The molecule has 30 heavy (non-hydrogen) atoms. The van der Waals surface area contributed by atoms with Crippen LogP contribution in [0.2, 0.25) is 0 Å². The Morgan fingerprint density at radius 1 is 1.13 bits per heavy atom. The minimum atomic E-state index is -4.48. The van der Waals surface area contributed by atoms with Crippen LogP contribution in [0.1, 0.15) is 42.4 Å². The second-order valence-corrected chi connectivity index (χ2v) is 8.71. The summed E-state index contributed by atoms with van der Waals surface area (Å²) in [6.45, 7) is 0. The quantitative estimate of drug-likeness (QED) is 0.563. The molecule has 0 aromatic heterocycles. The molecule has 2 aromatic carbocycles. The van der Waals surface area contributed by atoms with E-state index in [-0.39, 0.29) is 23.5 Å². The molecule has 2 aliphatic rings. The number of rotatable bonds is 6. The lowest BCUT2D eigenvalue weighted by Crippen LogP contribution is -2.47. The maximum absolute atomic E-state index is 13.2. The minimum absolute atomic E-state index is 0.0483. The fourth-order valence-electron chi connectivity index (χ4n) is 3.78. The van der Waals surface area contributed by atoms with Crippen LogP contribution in [0.25, 0.3) is 5.57 Å². The van der Waals surface area contributed by atoms with Gasteiger partial charge < -0.3 is 4.74 Å². The molecule has 1 saturated carbocycles. The topological polar surface area (TPSA) is 52.3 Å². The molecule has 1 aliphatic carbocycles. The number of benzene rings is 2. The summed E-state index contributed by atoms with van der Waals surface area (Å²) in [5.41, 5.74) is 5.55. The summed E-state index contributed by atoms with van der Waals surface area (Å²) >= 11 is 3.51. The van der Waals surface area contributed by atoms with E-state index in [9.17, 15) is 18.0 Å². The molecule has 158 valence electrons. The van der Waals surface area contributed by atoms with Crippen molar-refractivity contribution >= 4 is 27.3 Å². The van der Waals surface area contributed by atoms with E-state index in [1.807, 2.05) is 24.3 Å². The molecule has 0 saturated heterocycles. The van der Waals surface area contributed by atoms with E-state index in [0.717, 1.165) is 35.0 Å². The zero-order chi connectivity index (χ0) is 21.5. The van der Waals surface area contributed by atoms with Crippen molar-refractivity contribution in [3.63, 3.8) is 0 Å². The Hall–Kier alpha value is -2.12. The van der Waals surface area contributed by atoms with Gasteiger partial charge in [-0.05, 0) is 55.0 Å². The standard InChI is InChI=1S/C23H21BrF3NO2/c24-18-9-2-1-5-14(18)7-4-12-22(28)21(29)19(20(30-22)15-10-11-15)16-6-3-8-17(13-16)23(25,26)27/h1-3,5-6,8-9,13,15H,4,7,10-12,28H2. The van der Waals surface area contributed by atoms with E-state index in [2.05, 4.69) is 15.9 Å². The first-order valence-electron chi connectivity index (χ1n) is 9.87. The predicted molar refractivity (Wildman–Crippen MR) is 111 cm³/mol. The molecule has 0 amide bonds. The molecular weight excluding hydrogens is 459 g/mol. The highest BCUT2D eigenvalue weighted by molar-refractivity contribution is 9.10. The summed E-state index contributed by atoms with van der Waals surface area (Å²) in [5.74, 6) is 0.0609. The third-order valence-corrected chi connectivity index (χ3v) is 6.30. The number of ketones is 1. The first kappa shape index (κ1) is 21.1. The van der Waals surface area contributed by atoms with Crippen LogP contribution >= 0.6 is 15.9 Å². The van der Waals surface area contributed by atoms with E-state index in [1.54, 1.807) is 0 Å². The Morgan fingerprint density at radius 3 is 2.53 bits per heavy atom. The number of hydrogen-bond donors (Lipinski definition) is 1. The average molecular weight is 480 g/mol. The van der Waals surface area contributed by atoms with E-state index < -0.39 is 23.2 Å². The van der Waals surface area contributed by atoms with Gasteiger partial charge in [0, 0.05) is 16.8 Å². The maximum Gasteiger partial charge on any atom is 0.416 e. The number of ether oxygens (including phenoxy) is 1.